The van der Waals surface area contributed by atoms with Gasteiger partial charge in [0.25, 0.3) is 0 Å². The Balaban J connectivity index is 2.19. The lowest BCUT2D eigenvalue weighted by Gasteiger charge is -2.20. The van der Waals surface area contributed by atoms with Gasteiger partial charge in [-0.05, 0) is 56.3 Å². The van der Waals surface area contributed by atoms with Crippen LogP contribution in [0.25, 0.3) is 22.3 Å². The van der Waals surface area contributed by atoms with Gasteiger partial charge in [0.1, 0.15) is 0 Å². The van der Waals surface area contributed by atoms with E-state index in [1.54, 1.807) is 0 Å². The zero-order valence-electron chi connectivity index (χ0n) is 19.5. The molecule has 0 aliphatic heterocycles. The fourth-order valence-corrected chi connectivity index (χ4v) is 3.73. The maximum Gasteiger partial charge on any atom is 0.336 e. The average molecular weight is 431 g/mol. The number of carbonyl (C=O) groups is 2. The molecule has 4 heteroatoms. The van der Waals surface area contributed by atoms with E-state index in [4.69, 9.17) is 0 Å². The molecule has 3 rings (SSSR count). The van der Waals surface area contributed by atoms with Crippen LogP contribution in [0, 0.1) is 0 Å². The van der Waals surface area contributed by atoms with Gasteiger partial charge in [0.2, 0.25) is 0 Å². The highest BCUT2D eigenvalue weighted by Gasteiger charge is 2.22. The molecule has 0 radical (unpaired) electrons. The zero-order chi connectivity index (χ0) is 23.8. The van der Waals surface area contributed by atoms with Crippen LogP contribution >= 0.6 is 0 Å². The first-order chi connectivity index (χ1) is 14.8. The molecule has 0 heterocycles. The maximum absolute atomic E-state index is 12.1. The Kier molecular flexibility index (Phi) is 6.01. The molecular formula is C28H30O4. The minimum atomic E-state index is -1.09. The van der Waals surface area contributed by atoms with Gasteiger partial charge in [-0.1, -0.05) is 90.1 Å². The Morgan fingerprint density at radius 2 is 0.844 bits per heavy atom. The van der Waals surface area contributed by atoms with E-state index in [-0.39, 0.29) is 22.0 Å². The molecule has 0 bridgehead atoms. The largest absolute Gasteiger partial charge is 0.478 e. The van der Waals surface area contributed by atoms with Crippen molar-refractivity contribution in [2.45, 2.75) is 52.4 Å². The van der Waals surface area contributed by atoms with Gasteiger partial charge < -0.3 is 10.2 Å². The molecule has 0 atom stereocenters. The van der Waals surface area contributed by atoms with Gasteiger partial charge in [-0.2, -0.15) is 0 Å². The van der Waals surface area contributed by atoms with Crippen molar-refractivity contribution >= 4 is 11.9 Å². The van der Waals surface area contributed by atoms with Crippen molar-refractivity contribution in [3.05, 3.63) is 82.9 Å². The summed E-state index contributed by atoms with van der Waals surface area (Å²) in [6, 6.07) is 18.2. The van der Waals surface area contributed by atoms with Gasteiger partial charge in [-0.15, -0.1) is 0 Å². The molecule has 0 fully saturated rings. The van der Waals surface area contributed by atoms with Gasteiger partial charge in [-0.3, -0.25) is 0 Å². The number of rotatable bonds is 4. The highest BCUT2D eigenvalue weighted by atomic mass is 16.4. The van der Waals surface area contributed by atoms with Crippen molar-refractivity contribution in [3.63, 3.8) is 0 Å². The number of carboxylic acids is 2. The number of carboxylic acid groups (broad SMARTS) is 2. The number of aromatic carboxylic acids is 2. The summed E-state index contributed by atoms with van der Waals surface area (Å²) in [6.45, 7) is 12.6. The number of hydrogen-bond acceptors (Lipinski definition) is 2. The number of benzene rings is 3. The van der Waals surface area contributed by atoms with Gasteiger partial charge in [-0.25, -0.2) is 9.59 Å². The summed E-state index contributed by atoms with van der Waals surface area (Å²) in [4.78, 5) is 24.2. The second-order valence-corrected chi connectivity index (χ2v) is 10.2. The van der Waals surface area contributed by atoms with E-state index in [1.807, 2.05) is 48.5 Å². The molecular weight excluding hydrogens is 400 g/mol. The first-order valence-electron chi connectivity index (χ1n) is 10.7. The van der Waals surface area contributed by atoms with Crippen LogP contribution in [0.3, 0.4) is 0 Å². The molecule has 3 aromatic carbocycles. The quantitative estimate of drug-likeness (QED) is 0.467. The third-order valence-corrected chi connectivity index (χ3v) is 5.74. The van der Waals surface area contributed by atoms with Crippen LogP contribution in [-0.2, 0) is 10.8 Å². The molecule has 0 aromatic heterocycles. The highest BCUT2D eigenvalue weighted by Crippen LogP contribution is 2.35. The van der Waals surface area contributed by atoms with E-state index in [1.165, 1.54) is 12.1 Å². The third kappa shape index (κ3) is 4.75. The van der Waals surface area contributed by atoms with Crippen LogP contribution < -0.4 is 0 Å². The van der Waals surface area contributed by atoms with E-state index >= 15 is 0 Å². The first-order valence-corrected chi connectivity index (χ1v) is 10.7. The van der Waals surface area contributed by atoms with Crippen molar-refractivity contribution in [1.29, 1.82) is 0 Å². The standard InChI is InChI=1S/C28H30O4/c1-27(2,3)19-11-7-17(8-12-19)21-15-24(26(31)32)22(16-23(21)25(29)30)18-9-13-20(14-10-18)28(4,5)6/h7-16H,1-6H3,(H,29,30)(H,31,32). The van der Waals surface area contributed by atoms with E-state index in [9.17, 15) is 19.8 Å². The Labute approximate surface area is 189 Å². The van der Waals surface area contributed by atoms with Gasteiger partial charge in [0.05, 0.1) is 11.1 Å². The predicted molar refractivity (Wildman–Crippen MR) is 129 cm³/mol. The van der Waals surface area contributed by atoms with Crippen LogP contribution in [0.15, 0.2) is 60.7 Å². The molecule has 166 valence electrons. The average Bonchev–Trinajstić information content (AvgIpc) is 2.71. The monoisotopic (exact) mass is 430 g/mol. The zero-order valence-corrected chi connectivity index (χ0v) is 19.5. The van der Waals surface area contributed by atoms with Crippen molar-refractivity contribution in [3.8, 4) is 22.3 Å². The van der Waals surface area contributed by atoms with Gasteiger partial charge in [0, 0.05) is 0 Å². The molecule has 4 nitrogen and oxygen atoms in total. The number of hydrogen-bond donors (Lipinski definition) is 2. The predicted octanol–water partition coefficient (Wildman–Crippen LogP) is 7.01. The Bertz CT molecular complexity index is 1060. The molecule has 2 N–H and O–H groups in total. The first kappa shape index (κ1) is 23.3. The fourth-order valence-electron chi connectivity index (χ4n) is 3.73. The summed E-state index contributed by atoms with van der Waals surface area (Å²) in [5.41, 5.74) is 4.45. The lowest BCUT2D eigenvalue weighted by molar-refractivity contribution is 0.0682. The maximum atomic E-state index is 12.1. The van der Waals surface area contributed by atoms with Crippen LogP contribution in [0.5, 0.6) is 0 Å². The molecule has 0 aliphatic carbocycles. The van der Waals surface area contributed by atoms with E-state index in [0.717, 1.165) is 11.1 Å². The minimum absolute atomic E-state index is 0.0382. The minimum Gasteiger partial charge on any atom is -0.478 e. The molecule has 3 aromatic rings. The summed E-state index contributed by atoms with van der Waals surface area (Å²) in [7, 11) is 0. The molecule has 0 aliphatic rings. The third-order valence-electron chi connectivity index (χ3n) is 5.74. The molecule has 32 heavy (non-hydrogen) atoms. The van der Waals surface area contributed by atoms with Crippen molar-refractivity contribution < 1.29 is 19.8 Å². The van der Waals surface area contributed by atoms with Crippen LogP contribution in [-0.4, -0.2) is 22.2 Å². The molecule has 0 saturated heterocycles. The summed E-state index contributed by atoms with van der Waals surface area (Å²) < 4.78 is 0. The molecule has 0 unspecified atom stereocenters. The van der Waals surface area contributed by atoms with Crippen molar-refractivity contribution in [2.75, 3.05) is 0 Å². The summed E-state index contributed by atoms with van der Waals surface area (Å²) in [6.07, 6.45) is 0. The Hall–Kier alpha value is -3.40. The van der Waals surface area contributed by atoms with E-state index in [0.29, 0.717) is 22.3 Å². The highest BCUT2D eigenvalue weighted by molar-refractivity contribution is 6.04. The lowest BCUT2D eigenvalue weighted by atomic mass is 9.84. The van der Waals surface area contributed by atoms with E-state index in [2.05, 4.69) is 41.5 Å². The Morgan fingerprint density at radius 1 is 0.562 bits per heavy atom. The topological polar surface area (TPSA) is 74.6 Å². The van der Waals surface area contributed by atoms with Gasteiger partial charge >= 0.3 is 11.9 Å². The smallest absolute Gasteiger partial charge is 0.336 e. The Morgan fingerprint density at radius 3 is 1.06 bits per heavy atom. The van der Waals surface area contributed by atoms with Crippen molar-refractivity contribution in [1.82, 2.24) is 0 Å². The van der Waals surface area contributed by atoms with Crippen molar-refractivity contribution in [2.24, 2.45) is 0 Å². The van der Waals surface area contributed by atoms with Crippen LogP contribution in [0.1, 0.15) is 73.4 Å². The molecule has 0 spiro atoms. The normalized spacial score (nSPS) is 11.9. The second kappa shape index (κ2) is 8.27. The van der Waals surface area contributed by atoms with E-state index < -0.39 is 11.9 Å². The summed E-state index contributed by atoms with van der Waals surface area (Å²) in [5.74, 6) is -2.19. The second-order valence-electron chi connectivity index (χ2n) is 10.2. The summed E-state index contributed by atoms with van der Waals surface area (Å²) in [5, 5.41) is 19.8. The SMILES string of the molecule is CC(C)(C)c1ccc(-c2cc(C(=O)O)c(-c3ccc(C(C)(C)C)cc3)cc2C(=O)O)cc1. The van der Waals surface area contributed by atoms with Crippen LogP contribution in [0.2, 0.25) is 0 Å². The molecule has 0 amide bonds. The van der Waals surface area contributed by atoms with Crippen LogP contribution in [0.4, 0.5) is 0 Å². The fraction of sp³-hybridized carbons (Fsp3) is 0.286. The lowest BCUT2D eigenvalue weighted by Crippen LogP contribution is -2.11. The molecule has 0 saturated carbocycles. The van der Waals surface area contributed by atoms with Gasteiger partial charge in [0.15, 0.2) is 0 Å². The summed E-state index contributed by atoms with van der Waals surface area (Å²) >= 11 is 0.